The molecule has 0 aromatic carbocycles. The maximum Gasteiger partial charge on any atom is 0.0166 e. The molecule has 2 aliphatic carbocycles. The first kappa shape index (κ1) is 10.1. The summed E-state index contributed by atoms with van der Waals surface area (Å²) in [5.41, 5.74) is 0.796. The van der Waals surface area contributed by atoms with E-state index in [9.17, 15) is 0 Å². The number of nitrogens with one attached hydrogen (secondary N) is 1. The summed E-state index contributed by atoms with van der Waals surface area (Å²) >= 11 is 0. The number of hydrogen-bond acceptors (Lipinski definition) is 2. The summed E-state index contributed by atoms with van der Waals surface area (Å²) in [5.74, 6) is 1.11. The van der Waals surface area contributed by atoms with Gasteiger partial charge >= 0.3 is 0 Å². The van der Waals surface area contributed by atoms with Gasteiger partial charge in [0, 0.05) is 19.1 Å². The molecular formula is C13H24N2. The van der Waals surface area contributed by atoms with E-state index < -0.39 is 0 Å². The second-order valence-electron chi connectivity index (χ2n) is 6.08. The molecule has 1 aliphatic heterocycles. The van der Waals surface area contributed by atoms with Crippen molar-refractivity contribution in [3.05, 3.63) is 0 Å². The van der Waals surface area contributed by atoms with Crippen LogP contribution < -0.4 is 5.32 Å². The maximum atomic E-state index is 3.58. The Morgan fingerprint density at radius 3 is 2.80 bits per heavy atom. The van der Waals surface area contributed by atoms with Gasteiger partial charge in [-0.05, 0) is 63.5 Å². The molecule has 1 unspecified atom stereocenters. The van der Waals surface area contributed by atoms with Gasteiger partial charge in [0.25, 0.3) is 0 Å². The first-order valence-corrected chi connectivity index (χ1v) is 6.74. The fourth-order valence-corrected chi connectivity index (χ4v) is 3.33. The van der Waals surface area contributed by atoms with E-state index in [0.717, 1.165) is 11.3 Å². The van der Waals surface area contributed by atoms with Crippen molar-refractivity contribution in [1.29, 1.82) is 0 Å². The molecular weight excluding hydrogens is 184 g/mol. The number of hydrogen-bond donors (Lipinski definition) is 1. The van der Waals surface area contributed by atoms with Crippen LogP contribution in [0, 0.1) is 11.3 Å². The van der Waals surface area contributed by atoms with Crippen LogP contribution in [0.3, 0.4) is 0 Å². The van der Waals surface area contributed by atoms with Crippen LogP contribution in [0.15, 0.2) is 0 Å². The minimum Gasteiger partial charge on any atom is -0.313 e. The van der Waals surface area contributed by atoms with E-state index in [4.69, 9.17) is 0 Å². The van der Waals surface area contributed by atoms with Crippen molar-refractivity contribution in [2.45, 2.75) is 45.1 Å². The molecule has 3 aliphatic rings. The molecule has 1 saturated heterocycles. The van der Waals surface area contributed by atoms with Crippen molar-refractivity contribution in [3.8, 4) is 0 Å². The summed E-state index contributed by atoms with van der Waals surface area (Å²) in [5, 5.41) is 3.58. The van der Waals surface area contributed by atoms with Gasteiger partial charge in [0.15, 0.2) is 0 Å². The highest BCUT2D eigenvalue weighted by Gasteiger charge is 2.54. The zero-order valence-corrected chi connectivity index (χ0v) is 9.97. The van der Waals surface area contributed by atoms with Gasteiger partial charge in [0.1, 0.15) is 0 Å². The molecule has 1 atom stereocenters. The minimum absolute atomic E-state index is 0.697. The van der Waals surface area contributed by atoms with Gasteiger partial charge in [-0.15, -0.1) is 0 Å². The van der Waals surface area contributed by atoms with Gasteiger partial charge in [0.2, 0.25) is 0 Å². The molecule has 0 aromatic heterocycles. The van der Waals surface area contributed by atoms with Crippen molar-refractivity contribution in [1.82, 2.24) is 10.2 Å². The topological polar surface area (TPSA) is 15.3 Å². The normalized spacial score (nSPS) is 36.2. The zero-order valence-electron chi connectivity index (χ0n) is 9.97. The van der Waals surface area contributed by atoms with Crippen molar-refractivity contribution >= 4 is 0 Å². The van der Waals surface area contributed by atoms with Gasteiger partial charge in [-0.1, -0.05) is 0 Å². The molecule has 2 heteroatoms. The SMILES string of the molecule is CC1CN(CC2(C3CC3)CC2)CCCN1. The van der Waals surface area contributed by atoms with Gasteiger partial charge in [-0.3, -0.25) is 0 Å². The third-order valence-corrected chi connectivity index (χ3v) is 4.55. The molecule has 3 rings (SSSR count). The van der Waals surface area contributed by atoms with Crippen LogP contribution in [0.5, 0.6) is 0 Å². The van der Waals surface area contributed by atoms with Crippen molar-refractivity contribution in [2.24, 2.45) is 11.3 Å². The molecule has 0 radical (unpaired) electrons. The Labute approximate surface area is 93.4 Å². The minimum atomic E-state index is 0.697. The average molecular weight is 208 g/mol. The fourth-order valence-electron chi connectivity index (χ4n) is 3.33. The average Bonchev–Trinajstić information content (AvgIpc) is 3.01. The highest BCUT2D eigenvalue weighted by Crippen LogP contribution is 2.61. The van der Waals surface area contributed by atoms with E-state index in [1.807, 2.05) is 0 Å². The van der Waals surface area contributed by atoms with Crippen LogP contribution in [-0.4, -0.2) is 37.1 Å². The van der Waals surface area contributed by atoms with Gasteiger partial charge in [0.05, 0.1) is 0 Å². The summed E-state index contributed by atoms with van der Waals surface area (Å²) in [6.45, 7) is 7.55. The van der Waals surface area contributed by atoms with Crippen LogP contribution in [0.4, 0.5) is 0 Å². The lowest BCUT2D eigenvalue weighted by atomic mass is 9.99. The number of rotatable bonds is 3. The third-order valence-electron chi connectivity index (χ3n) is 4.55. The van der Waals surface area contributed by atoms with E-state index in [-0.39, 0.29) is 0 Å². The van der Waals surface area contributed by atoms with E-state index >= 15 is 0 Å². The zero-order chi connectivity index (χ0) is 10.3. The summed E-state index contributed by atoms with van der Waals surface area (Å²) in [6.07, 6.45) is 7.44. The third kappa shape index (κ3) is 2.21. The molecule has 15 heavy (non-hydrogen) atoms. The molecule has 2 nitrogen and oxygen atoms in total. The molecule has 1 N–H and O–H groups in total. The van der Waals surface area contributed by atoms with Crippen LogP contribution in [-0.2, 0) is 0 Å². The van der Waals surface area contributed by atoms with Crippen LogP contribution >= 0.6 is 0 Å². The van der Waals surface area contributed by atoms with Gasteiger partial charge in [-0.25, -0.2) is 0 Å². The van der Waals surface area contributed by atoms with Crippen molar-refractivity contribution in [3.63, 3.8) is 0 Å². The predicted octanol–water partition coefficient (Wildman–Crippen LogP) is 1.86. The Bertz CT molecular complexity index is 231. The predicted molar refractivity (Wildman–Crippen MR) is 62.9 cm³/mol. The van der Waals surface area contributed by atoms with Crippen LogP contribution in [0.25, 0.3) is 0 Å². The molecule has 0 amide bonds. The lowest BCUT2D eigenvalue weighted by molar-refractivity contribution is 0.204. The lowest BCUT2D eigenvalue weighted by Gasteiger charge is -2.27. The maximum absolute atomic E-state index is 3.58. The molecule has 0 spiro atoms. The Morgan fingerprint density at radius 1 is 1.33 bits per heavy atom. The fraction of sp³-hybridized carbons (Fsp3) is 1.00. The van der Waals surface area contributed by atoms with Crippen molar-refractivity contribution < 1.29 is 0 Å². The van der Waals surface area contributed by atoms with Gasteiger partial charge < -0.3 is 10.2 Å². The van der Waals surface area contributed by atoms with E-state index in [2.05, 4.69) is 17.1 Å². The second kappa shape index (κ2) is 3.74. The molecule has 0 bridgehead atoms. The summed E-state index contributed by atoms with van der Waals surface area (Å²) in [4.78, 5) is 2.73. The first-order chi connectivity index (χ1) is 7.28. The van der Waals surface area contributed by atoms with E-state index in [1.165, 1.54) is 58.3 Å². The Kier molecular flexibility index (Phi) is 2.52. The summed E-state index contributed by atoms with van der Waals surface area (Å²) in [6, 6.07) is 0.697. The summed E-state index contributed by atoms with van der Waals surface area (Å²) < 4.78 is 0. The largest absolute Gasteiger partial charge is 0.313 e. The molecule has 2 saturated carbocycles. The molecule has 0 aromatic rings. The number of nitrogens with zero attached hydrogens (tertiary/aromatic N) is 1. The Balaban J connectivity index is 1.57. The van der Waals surface area contributed by atoms with E-state index in [1.54, 1.807) is 0 Å². The lowest BCUT2D eigenvalue weighted by Crippen LogP contribution is -2.38. The quantitative estimate of drug-likeness (QED) is 0.761. The standard InChI is InChI=1S/C13H24N2/c1-11-9-15(8-2-7-14-11)10-13(5-6-13)12-3-4-12/h11-12,14H,2-10H2,1H3. The van der Waals surface area contributed by atoms with Gasteiger partial charge in [-0.2, -0.15) is 0 Å². The Morgan fingerprint density at radius 2 is 2.13 bits per heavy atom. The molecule has 3 fully saturated rings. The van der Waals surface area contributed by atoms with Crippen molar-refractivity contribution in [2.75, 3.05) is 26.2 Å². The monoisotopic (exact) mass is 208 g/mol. The second-order valence-corrected chi connectivity index (χ2v) is 6.08. The smallest absolute Gasteiger partial charge is 0.0166 e. The van der Waals surface area contributed by atoms with Crippen LogP contribution in [0.1, 0.15) is 39.0 Å². The molecule has 1 heterocycles. The van der Waals surface area contributed by atoms with Crippen LogP contribution in [0.2, 0.25) is 0 Å². The Hall–Kier alpha value is -0.0800. The highest BCUT2D eigenvalue weighted by atomic mass is 15.2. The van der Waals surface area contributed by atoms with E-state index in [0.29, 0.717) is 6.04 Å². The highest BCUT2D eigenvalue weighted by molar-refractivity contribution is 5.05. The first-order valence-electron chi connectivity index (χ1n) is 6.74. The summed E-state index contributed by atoms with van der Waals surface area (Å²) in [7, 11) is 0. The molecule has 86 valence electrons.